The van der Waals surface area contributed by atoms with Crippen molar-refractivity contribution in [2.24, 2.45) is 5.41 Å². The van der Waals surface area contributed by atoms with Crippen LogP contribution in [0.5, 0.6) is 0 Å². The third kappa shape index (κ3) is 1.65. The third-order valence-electron chi connectivity index (χ3n) is 3.91. The molecule has 0 aliphatic heterocycles. The van der Waals surface area contributed by atoms with Gasteiger partial charge in [-0.15, -0.1) is 0 Å². The van der Waals surface area contributed by atoms with Crippen molar-refractivity contribution in [1.29, 1.82) is 0 Å². The highest BCUT2D eigenvalue weighted by Gasteiger charge is 2.51. The Morgan fingerprint density at radius 3 is 2.68 bits per heavy atom. The van der Waals surface area contributed by atoms with E-state index in [2.05, 4.69) is 9.97 Å². The van der Waals surface area contributed by atoms with E-state index in [1.54, 1.807) is 18.2 Å². The van der Waals surface area contributed by atoms with Crippen LogP contribution in [-0.4, -0.2) is 26.8 Å². The summed E-state index contributed by atoms with van der Waals surface area (Å²) in [5.41, 5.74) is 0.788. The van der Waals surface area contributed by atoms with Crippen molar-refractivity contribution in [1.82, 2.24) is 9.97 Å². The third-order valence-corrected chi connectivity index (χ3v) is 3.91. The summed E-state index contributed by atoms with van der Waals surface area (Å²) < 4.78 is 0. The number of ketones is 1. The van der Waals surface area contributed by atoms with E-state index >= 15 is 0 Å². The normalized spacial score (nSPS) is 17.1. The molecule has 1 fully saturated rings. The average Bonchev–Trinajstić information content (AvgIpc) is 2.65. The summed E-state index contributed by atoms with van der Waals surface area (Å²) in [6.07, 6.45) is 1.66. The van der Waals surface area contributed by atoms with Crippen LogP contribution in [0.4, 0.5) is 0 Å². The number of aromatic amines is 1. The van der Waals surface area contributed by atoms with Gasteiger partial charge in [0.1, 0.15) is 11.2 Å². The number of aryl methyl sites for hydroxylation is 1. The van der Waals surface area contributed by atoms with Crippen LogP contribution in [0.2, 0.25) is 0 Å². The van der Waals surface area contributed by atoms with Gasteiger partial charge in [0.25, 0.3) is 0 Å². The maximum atomic E-state index is 12.4. The largest absolute Gasteiger partial charge is 0.480 e. The predicted octanol–water partition coefficient (Wildman–Crippen LogP) is 2.31. The maximum Gasteiger partial charge on any atom is 0.317 e. The number of fused-ring (bicyclic) bond motifs is 1. The van der Waals surface area contributed by atoms with Crippen molar-refractivity contribution < 1.29 is 14.7 Å². The summed E-state index contributed by atoms with van der Waals surface area (Å²) in [5.74, 6) is -0.527. The Morgan fingerprint density at radius 1 is 1.37 bits per heavy atom. The monoisotopic (exact) mass is 258 g/mol. The number of carboxylic acids is 1. The van der Waals surface area contributed by atoms with Gasteiger partial charge in [-0.1, -0.05) is 6.42 Å². The Balaban J connectivity index is 2.04. The van der Waals surface area contributed by atoms with Gasteiger partial charge in [-0.3, -0.25) is 9.59 Å². The first kappa shape index (κ1) is 11.9. The van der Waals surface area contributed by atoms with E-state index < -0.39 is 11.4 Å². The molecule has 5 nitrogen and oxygen atoms in total. The maximum absolute atomic E-state index is 12.4. The number of Topliss-reactive ketones (excluding diaryl/α,β-unsaturated/α-hetero) is 1. The number of rotatable bonds is 3. The van der Waals surface area contributed by atoms with Crippen LogP contribution in [0.1, 0.15) is 35.4 Å². The Morgan fingerprint density at radius 2 is 2.11 bits per heavy atom. The number of carbonyl (C=O) groups is 2. The van der Waals surface area contributed by atoms with Gasteiger partial charge in [0.2, 0.25) is 0 Å². The molecular weight excluding hydrogens is 244 g/mol. The summed E-state index contributed by atoms with van der Waals surface area (Å²) in [4.78, 5) is 31.1. The molecule has 1 saturated carbocycles. The molecule has 0 amide bonds. The van der Waals surface area contributed by atoms with Crippen LogP contribution >= 0.6 is 0 Å². The minimum atomic E-state index is -1.21. The molecule has 1 aliphatic rings. The first-order chi connectivity index (χ1) is 9.03. The molecule has 3 rings (SSSR count). The molecule has 0 radical (unpaired) electrons. The fourth-order valence-electron chi connectivity index (χ4n) is 2.62. The summed E-state index contributed by atoms with van der Waals surface area (Å²) in [7, 11) is 0. The van der Waals surface area contributed by atoms with Gasteiger partial charge in [-0.05, 0) is 38.0 Å². The lowest BCUT2D eigenvalue weighted by Crippen LogP contribution is -2.45. The Bertz CT molecular complexity index is 683. The molecule has 98 valence electrons. The van der Waals surface area contributed by atoms with Gasteiger partial charge in [0.05, 0.1) is 11.0 Å². The van der Waals surface area contributed by atoms with Crippen molar-refractivity contribution in [2.45, 2.75) is 26.2 Å². The summed E-state index contributed by atoms with van der Waals surface area (Å²) in [6, 6.07) is 5.11. The van der Waals surface area contributed by atoms with Crippen molar-refractivity contribution in [2.75, 3.05) is 0 Å². The van der Waals surface area contributed by atoms with E-state index in [1.165, 1.54) is 0 Å². The number of H-pyrrole nitrogens is 1. The Labute approximate surface area is 109 Å². The van der Waals surface area contributed by atoms with Crippen molar-refractivity contribution in [3.8, 4) is 0 Å². The van der Waals surface area contributed by atoms with E-state index in [1.807, 2.05) is 6.92 Å². The number of nitrogens with zero attached hydrogens (tertiary/aromatic N) is 1. The Kier molecular flexibility index (Phi) is 2.45. The van der Waals surface area contributed by atoms with Gasteiger partial charge in [-0.2, -0.15) is 0 Å². The molecule has 0 unspecified atom stereocenters. The van der Waals surface area contributed by atoms with Gasteiger partial charge in [-0.25, -0.2) is 4.98 Å². The molecule has 5 heteroatoms. The minimum Gasteiger partial charge on any atom is -0.480 e. The predicted molar refractivity (Wildman–Crippen MR) is 69.1 cm³/mol. The molecule has 2 N–H and O–H groups in total. The zero-order valence-electron chi connectivity index (χ0n) is 10.6. The smallest absolute Gasteiger partial charge is 0.317 e. The van der Waals surface area contributed by atoms with Gasteiger partial charge >= 0.3 is 5.97 Å². The number of imidazole rings is 1. The molecule has 19 heavy (non-hydrogen) atoms. The second-order valence-corrected chi connectivity index (χ2v) is 5.12. The second-order valence-electron chi connectivity index (χ2n) is 5.12. The Hall–Kier alpha value is -2.17. The molecule has 1 heterocycles. The van der Waals surface area contributed by atoms with Crippen molar-refractivity contribution in [3.05, 3.63) is 29.6 Å². The molecular formula is C14H14N2O3. The summed E-state index contributed by atoms with van der Waals surface area (Å²) in [6.45, 7) is 1.84. The van der Waals surface area contributed by atoms with Crippen LogP contribution in [0, 0.1) is 12.3 Å². The number of carbonyl (C=O) groups excluding carboxylic acids is 1. The van der Waals surface area contributed by atoms with E-state index in [4.69, 9.17) is 0 Å². The molecule has 1 aliphatic carbocycles. The number of benzene rings is 1. The second kappa shape index (κ2) is 3.91. The standard InChI is InChI=1S/C14H14N2O3/c1-8-15-10-4-3-9(7-11(10)16-8)12(17)14(13(18)19)5-2-6-14/h3-4,7H,2,5-6H2,1H3,(H,15,16)(H,18,19). The zero-order valence-corrected chi connectivity index (χ0v) is 10.6. The van der Waals surface area contributed by atoms with Crippen LogP contribution in [0.15, 0.2) is 18.2 Å². The van der Waals surface area contributed by atoms with E-state index in [0.717, 1.165) is 23.3 Å². The summed E-state index contributed by atoms with van der Waals surface area (Å²) >= 11 is 0. The fraction of sp³-hybridized carbons (Fsp3) is 0.357. The quantitative estimate of drug-likeness (QED) is 0.653. The lowest BCUT2D eigenvalue weighted by Gasteiger charge is -2.35. The zero-order chi connectivity index (χ0) is 13.6. The SMILES string of the molecule is Cc1nc2ccc(C(=O)C3(C(=O)O)CCC3)cc2[nH]1. The van der Waals surface area contributed by atoms with E-state index in [9.17, 15) is 14.7 Å². The number of aromatic nitrogens is 2. The number of hydrogen-bond acceptors (Lipinski definition) is 3. The van der Waals surface area contributed by atoms with Gasteiger partial charge in [0.15, 0.2) is 5.78 Å². The van der Waals surface area contributed by atoms with Crippen molar-refractivity contribution >= 4 is 22.8 Å². The van der Waals surface area contributed by atoms with Crippen LogP contribution in [0.3, 0.4) is 0 Å². The highest BCUT2D eigenvalue weighted by molar-refractivity contribution is 6.13. The lowest BCUT2D eigenvalue weighted by molar-refractivity contribution is -0.150. The molecule has 0 saturated heterocycles. The molecule has 1 aromatic heterocycles. The lowest BCUT2D eigenvalue weighted by atomic mass is 9.64. The molecule has 0 atom stereocenters. The van der Waals surface area contributed by atoms with Crippen LogP contribution in [-0.2, 0) is 4.79 Å². The first-order valence-corrected chi connectivity index (χ1v) is 6.27. The first-order valence-electron chi connectivity index (χ1n) is 6.27. The number of aliphatic carboxylic acids is 1. The summed E-state index contributed by atoms with van der Waals surface area (Å²) in [5, 5.41) is 9.29. The average molecular weight is 258 g/mol. The highest BCUT2D eigenvalue weighted by atomic mass is 16.4. The topological polar surface area (TPSA) is 83.1 Å². The van der Waals surface area contributed by atoms with E-state index in [0.29, 0.717) is 18.4 Å². The van der Waals surface area contributed by atoms with E-state index in [-0.39, 0.29) is 5.78 Å². The number of hydrogen-bond donors (Lipinski definition) is 2. The fourth-order valence-corrected chi connectivity index (χ4v) is 2.62. The van der Waals surface area contributed by atoms with Crippen LogP contribution in [0.25, 0.3) is 11.0 Å². The molecule has 2 aromatic rings. The van der Waals surface area contributed by atoms with Gasteiger partial charge in [0, 0.05) is 5.56 Å². The van der Waals surface area contributed by atoms with Crippen LogP contribution < -0.4 is 0 Å². The van der Waals surface area contributed by atoms with Gasteiger partial charge < -0.3 is 10.1 Å². The molecule has 1 aromatic carbocycles. The number of nitrogens with one attached hydrogen (secondary N) is 1. The highest BCUT2D eigenvalue weighted by Crippen LogP contribution is 2.44. The molecule has 0 spiro atoms. The minimum absolute atomic E-state index is 0.291. The number of carboxylic acid groups (broad SMARTS) is 1. The molecule has 0 bridgehead atoms. The van der Waals surface area contributed by atoms with Crippen molar-refractivity contribution in [3.63, 3.8) is 0 Å².